The van der Waals surface area contributed by atoms with Gasteiger partial charge in [0.2, 0.25) is 5.91 Å². The highest BCUT2D eigenvalue weighted by Gasteiger charge is 2.08. The molecule has 0 spiro atoms. The van der Waals surface area contributed by atoms with Crippen LogP contribution in [-0.4, -0.2) is 11.9 Å². The molecule has 2 aromatic rings. The second-order valence-electron chi connectivity index (χ2n) is 4.23. The highest BCUT2D eigenvalue weighted by Crippen LogP contribution is 2.14. The number of hydrogen-bond acceptors (Lipinski definition) is 4. The first-order chi connectivity index (χ1) is 8.65. The Hall–Kier alpha value is -1.59. The summed E-state index contributed by atoms with van der Waals surface area (Å²) in [4.78, 5) is 12.1. The Morgan fingerprint density at radius 3 is 3.06 bits per heavy atom. The van der Waals surface area contributed by atoms with Gasteiger partial charge in [-0.15, -0.1) is 11.3 Å². The van der Waals surface area contributed by atoms with Crippen molar-refractivity contribution in [3.8, 4) is 0 Å². The second-order valence-corrected chi connectivity index (χ2v) is 5.23. The fourth-order valence-electron chi connectivity index (χ4n) is 1.68. The van der Waals surface area contributed by atoms with Crippen molar-refractivity contribution in [2.24, 2.45) is 5.73 Å². The number of amides is 1. The van der Waals surface area contributed by atoms with Gasteiger partial charge in [0.25, 0.3) is 0 Å². The van der Waals surface area contributed by atoms with E-state index in [4.69, 9.17) is 10.2 Å². The van der Waals surface area contributed by atoms with Crippen molar-refractivity contribution >= 4 is 17.2 Å². The largest absolute Gasteiger partial charge is 0.469 e. The van der Waals surface area contributed by atoms with E-state index >= 15 is 0 Å². The monoisotopic (exact) mass is 264 g/mol. The van der Waals surface area contributed by atoms with E-state index in [1.54, 1.807) is 23.0 Å². The van der Waals surface area contributed by atoms with Gasteiger partial charge in [0.15, 0.2) is 0 Å². The number of primary amides is 1. The van der Waals surface area contributed by atoms with E-state index in [1.807, 2.05) is 18.2 Å². The van der Waals surface area contributed by atoms with Crippen LogP contribution in [0.15, 0.2) is 34.3 Å². The van der Waals surface area contributed by atoms with Crippen LogP contribution in [0.5, 0.6) is 0 Å². The van der Waals surface area contributed by atoms with E-state index in [1.165, 1.54) is 0 Å². The molecule has 1 amide bonds. The van der Waals surface area contributed by atoms with E-state index in [0.717, 1.165) is 23.6 Å². The molecule has 96 valence electrons. The molecule has 0 bridgehead atoms. The molecule has 0 aliphatic rings. The fraction of sp³-hybridized carbons (Fsp3) is 0.308. The molecular formula is C13H16N2O2S. The van der Waals surface area contributed by atoms with E-state index in [9.17, 15) is 4.79 Å². The zero-order chi connectivity index (χ0) is 13.0. The van der Waals surface area contributed by atoms with Crippen molar-refractivity contribution in [1.82, 2.24) is 5.32 Å². The van der Waals surface area contributed by atoms with Crippen molar-refractivity contribution in [3.63, 3.8) is 0 Å². The molecule has 0 aliphatic carbocycles. The molecule has 2 rings (SSSR count). The molecule has 0 aromatic carbocycles. The van der Waals surface area contributed by atoms with E-state index in [-0.39, 0.29) is 5.91 Å². The first-order valence-electron chi connectivity index (χ1n) is 5.78. The smallest absolute Gasteiger partial charge is 0.249 e. The normalized spacial score (nSPS) is 12.5. The van der Waals surface area contributed by atoms with Crippen LogP contribution in [0.2, 0.25) is 0 Å². The van der Waals surface area contributed by atoms with Gasteiger partial charge in [0, 0.05) is 29.3 Å². The standard InChI is InChI=1S/C13H16N2O2S/c1-9(5-11-3-2-4-17-11)15-7-12-6-10(8-18-12)13(14)16/h2-4,6,8-9,15H,5,7H2,1H3,(H2,14,16). The number of carbonyl (C=O) groups excluding carboxylic acids is 1. The molecule has 2 aromatic heterocycles. The quantitative estimate of drug-likeness (QED) is 0.840. The number of hydrogen-bond donors (Lipinski definition) is 2. The summed E-state index contributed by atoms with van der Waals surface area (Å²) in [6, 6.07) is 6.00. The molecule has 0 fully saturated rings. The Labute approximate surface area is 110 Å². The highest BCUT2D eigenvalue weighted by atomic mass is 32.1. The first-order valence-corrected chi connectivity index (χ1v) is 6.66. The van der Waals surface area contributed by atoms with Crippen molar-refractivity contribution in [1.29, 1.82) is 0 Å². The predicted molar refractivity (Wildman–Crippen MR) is 71.6 cm³/mol. The van der Waals surface area contributed by atoms with Gasteiger partial charge in [-0.05, 0) is 25.1 Å². The molecule has 1 unspecified atom stereocenters. The Morgan fingerprint density at radius 2 is 2.44 bits per heavy atom. The van der Waals surface area contributed by atoms with Crippen LogP contribution in [-0.2, 0) is 13.0 Å². The van der Waals surface area contributed by atoms with E-state index in [2.05, 4.69) is 12.2 Å². The van der Waals surface area contributed by atoms with Crippen LogP contribution < -0.4 is 11.1 Å². The minimum Gasteiger partial charge on any atom is -0.469 e. The molecule has 5 heteroatoms. The number of nitrogens with two attached hydrogens (primary N) is 1. The number of thiophene rings is 1. The Bertz CT molecular complexity index is 505. The fourth-order valence-corrected chi connectivity index (χ4v) is 2.50. The molecule has 4 nitrogen and oxygen atoms in total. The highest BCUT2D eigenvalue weighted by molar-refractivity contribution is 7.10. The Balaban J connectivity index is 1.81. The molecular weight excluding hydrogens is 248 g/mol. The molecule has 3 N–H and O–H groups in total. The summed E-state index contributed by atoms with van der Waals surface area (Å²) in [5.41, 5.74) is 5.79. The summed E-state index contributed by atoms with van der Waals surface area (Å²) < 4.78 is 5.29. The molecule has 0 radical (unpaired) electrons. The third kappa shape index (κ3) is 3.45. The predicted octanol–water partition coefficient (Wildman–Crippen LogP) is 2.16. The lowest BCUT2D eigenvalue weighted by molar-refractivity contribution is 0.100. The van der Waals surface area contributed by atoms with Gasteiger partial charge < -0.3 is 15.5 Å². The van der Waals surface area contributed by atoms with Crippen molar-refractivity contribution in [2.45, 2.75) is 25.9 Å². The van der Waals surface area contributed by atoms with Gasteiger partial charge >= 0.3 is 0 Å². The molecule has 0 aliphatic heterocycles. The second kappa shape index (κ2) is 5.84. The molecule has 1 atom stereocenters. The molecule has 0 saturated heterocycles. The molecule has 0 saturated carbocycles. The van der Waals surface area contributed by atoms with E-state index < -0.39 is 0 Å². The summed E-state index contributed by atoms with van der Waals surface area (Å²) in [6.45, 7) is 2.84. The minimum absolute atomic E-state index is 0.315. The van der Waals surface area contributed by atoms with Crippen LogP contribution in [0.1, 0.15) is 27.9 Å². The van der Waals surface area contributed by atoms with Gasteiger partial charge in [-0.25, -0.2) is 0 Å². The lowest BCUT2D eigenvalue weighted by Crippen LogP contribution is -2.27. The van der Waals surface area contributed by atoms with Gasteiger partial charge in [-0.3, -0.25) is 4.79 Å². The van der Waals surface area contributed by atoms with E-state index in [0.29, 0.717) is 11.6 Å². The average Bonchev–Trinajstić information content (AvgIpc) is 2.96. The summed E-state index contributed by atoms with van der Waals surface area (Å²) in [5.74, 6) is 0.597. The zero-order valence-electron chi connectivity index (χ0n) is 10.2. The topological polar surface area (TPSA) is 68.3 Å². The third-order valence-electron chi connectivity index (χ3n) is 2.65. The van der Waals surface area contributed by atoms with Crippen LogP contribution >= 0.6 is 11.3 Å². The Morgan fingerprint density at radius 1 is 1.61 bits per heavy atom. The summed E-state index contributed by atoms with van der Waals surface area (Å²) in [7, 11) is 0. The zero-order valence-corrected chi connectivity index (χ0v) is 11.0. The van der Waals surface area contributed by atoms with Gasteiger partial charge in [-0.1, -0.05) is 0 Å². The maximum absolute atomic E-state index is 11.0. The number of nitrogens with one attached hydrogen (secondary N) is 1. The van der Waals surface area contributed by atoms with Crippen LogP contribution in [0.3, 0.4) is 0 Å². The number of rotatable bonds is 6. The van der Waals surface area contributed by atoms with Gasteiger partial charge in [0.05, 0.1) is 11.8 Å². The molecule has 18 heavy (non-hydrogen) atoms. The van der Waals surface area contributed by atoms with Crippen molar-refractivity contribution in [2.75, 3.05) is 0 Å². The maximum atomic E-state index is 11.0. The first kappa shape index (κ1) is 12.9. The van der Waals surface area contributed by atoms with Crippen molar-refractivity contribution < 1.29 is 9.21 Å². The van der Waals surface area contributed by atoms with Gasteiger partial charge in [0.1, 0.15) is 5.76 Å². The Kier molecular flexibility index (Phi) is 4.17. The summed E-state index contributed by atoms with van der Waals surface area (Å²) in [6.07, 6.45) is 2.53. The van der Waals surface area contributed by atoms with Crippen LogP contribution in [0.25, 0.3) is 0 Å². The number of carbonyl (C=O) groups is 1. The van der Waals surface area contributed by atoms with Crippen molar-refractivity contribution in [3.05, 3.63) is 46.0 Å². The minimum atomic E-state index is -0.374. The number of furan rings is 1. The van der Waals surface area contributed by atoms with Crippen LogP contribution in [0, 0.1) is 0 Å². The average molecular weight is 264 g/mol. The maximum Gasteiger partial charge on any atom is 0.249 e. The van der Waals surface area contributed by atoms with Gasteiger partial charge in [-0.2, -0.15) is 0 Å². The summed E-state index contributed by atoms with van der Waals surface area (Å²) >= 11 is 1.54. The summed E-state index contributed by atoms with van der Waals surface area (Å²) in [5, 5.41) is 5.18. The lowest BCUT2D eigenvalue weighted by Gasteiger charge is -2.11. The SMILES string of the molecule is CC(Cc1ccco1)NCc1cc(C(N)=O)cs1. The molecule has 2 heterocycles. The third-order valence-corrected chi connectivity index (χ3v) is 3.59. The van der Waals surface area contributed by atoms with Crippen LogP contribution in [0.4, 0.5) is 0 Å². The lowest BCUT2D eigenvalue weighted by atomic mass is 10.2.